The van der Waals surface area contributed by atoms with E-state index < -0.39 is 17.5 Å². The number of hydrazone groups is 1. The fraction of sp³-hybridized carbons (Fsp3) is 0.348. The number of unbranched alkanes of at least 4 members (excludes halogenated alkanes) is 1. The van der Waals surface area contributed by atoms with E-state index in [9.17, 15) is 9.59 Å². The van der Waals surface area contributed by atoms with E-state index in [4.69, 9.17) is 14.2 Å². The molecule has 164 valence electrons. The van der Waals surface area contributed by atoms with Gasteiger partial charge in [-0.15, -0.1) is 5.01 Å². The van der Waals surface area contributed by atoms with E-state index in [0.717, 1.165) is 17.9 Å². The molecule has 1 unspecified atom stereocenters. The van der Waals surface area contributed by atoms with Gasteiger partial charge >= 0.3 is 6.03 Å². The van der Waals surface area contributed by atoms with E-state index in [-0.39, 0.29) is 0 Å². The van der Waals surface area contributed by atoms with Crippen molar-refractivity contribution in [2.75, 3.05) is 20.8 Å². The van der Waals surface area contributed by atoms with Gasteiger partial charge in [0.1, 0.15) is 11.3 Å². The maximum Gasteiger partial charge on any atom is 0.346 e. The normalized spacial score (nSPS) is 18.4. The molecule has 1 aliphatic rings. The largest absolute Gasteiger partial charge is 0.497 e. The van der Waals surface area contributed by atoms with Gasteiger partial charge in [-0.25, -0.2) is 4.79 Å². The minimum Gasteiger partial charge on any atom is -0.497 e. The van der Waals surface area contributed by atoms with Gasteiger partial charge in [0, 0.05) is 0 Å². The maximum atomic E-state index is 13.0. The van der Waals surface area contributed by atoms with Gasteiger partial charge in [0.2, 0.25) is 0 Å². The Kier molecular flexibility index (Phi) is 6.79. The van der Waals surface area contributed by atoms with Crippen LogP contribution in [0.15, 0.2) is 47.6 Å². The van der Waals surface area contributed by atoms with Gasteiger partial charge in [-0.2, -0.15) is 5.10 Å². The lowest BCUT2D eigenvalue weighted by Crippen LogP contribution is -2.40. The Morgan fingerprint density at radius 2 is 1.81 bits per heavy atom. The molecule has 1 atom stereocenters. The van der Waals surface area contributed by atoms with Crippen LogP contribution in [0.2, 0.25) is 0 Å². The highest BCUT2D eigenvalue weighted by Crippen LogP contribution is 2.31. The van der Waals surface area contributed by atoms with Crippen LogP contribution < -0.4 is 19.5 Å². The van der Waals surface area contributed by atoms with E-state index in [2.05, 4.69) is 17.3 Å². The average molecular weight is 425 g/mol. The first-order chi connectivity index (χ1) is 14.9. The Morgan fingerprint density at radius 3 is 2.45 bits per heavy atom. The molecule has 1 aliphatic heterocycles. The molecule has 0 bridgehead atoms. The second-order valence-corrected chi connectivity index (χ2v) is 7.26. The van der Waals surface area contributed by atoms with Crippen LogP contribution in [0.4, 0.5) is 4.79 Å². The summed E-state index contributed by atoms with van der Waals surface area (Å²) in [6.07, 6.45) is 3.43. The fourth-order valence-electron chi connectivity index (χ4n) is 3.18. The summed E-state index contributed by atoms with van der Waals surface area (Å²) in [7, 11) is 3.12. The molecule has 8 nitrogen and oxygen atoms in total. The second-order valence-electron chi connectivity index (χ2n) is 7.26. The number of imide groups is 1. The quantitative estimate of drug-likeness (QED) is 0.376. The Morgan fingerprint density at radius 1 is 1.06 bits per heavy atom. The van der Waals surface area contributed by atoms with Crippen molar-refractivity contribution < 1.29 is 23.8 Å². The first-order valence-corrected chi connectivity index (χ1v) is 10.1. The lowest BCUT2D eigenvalue weighted by molar-refractivity contribution is -0.131. The molecule has 2 aromatic rings. The van der Waals surface area contributed by atoms with E-state index in [0.29, 0.717) is 35.0 Å². The van der Waals surface area contributed by atoms with Crippen LogP contribution in [0.1, 0.15) is 37.8 Å². The number of ether oxygens (including phenoxy) is 3. The monoisotopic (exact) mass is 425 g/mol. The minimum atomic E-state index is -1.21. The first-order valence-electron chi connectivity index (χ1n) is 10.1. The number of urea groups is 1. The Labute approximate surface area is 181 Å². The first kappa shape index (κ1) is 22.1. The molecule has 0 aliphatic carbocycles. The summed E-state index contributed by atoms with van der Waals surface area (Å²) in [6, 6.07) is 11.7. The highest BCUT2D eigenvalue weighted by Gasteiger charge is 2.49. The van der Waals surface area contributed by atoms with Crippen LogP contribution in [0, 0.1) is 0 Å². The molecular weight excluding hydrogens is 398 g/mol. The molecule has 1 fully saturated rings. The smallest absolute Gasteiger partial charge is 0.346 e. The van der Waals surface area contributed by atoms with Gasteiger partial charge in [-0.3, -0.25) is 4.79 Å². The summed E-state index contributed by atoms with van der Waals surface area (Å²) < 4.78 is 16.3. The Bertz CT molecular complexity index is 974. The van der Waals surface area contributed by atoms with Crippen molar-refractivity contribution in [3.8, 4) is 17.2 Å². The average Bonchev–Trinajstić information content (AvgIpc) is 3.01. The topological polar surface area (TPSA) is 89.5 Å². The predicted molar refractivity (Wildman–Crippen MR) is 117 cm³/mol. The number of hydrogen-bond donors (Lipinski definition) is 1. The third-order valence-electron chi connectivity index (χ3n) is 5.10. The molecule has 1 saturated heterocycles. The zero-order chi connectivity index (χ0) is 22.4. The molecular formula is C23H27N3O5. The molecule has 0 aromatic heterocycles. The van der Waals surface area contributed by atoms with Crippen molar-refractivity contribution in [1.29, 1.82) is 0 Å². The van der Waals surface area contributed by atoms with Crippen LogP contribution in [0.3, 0.4) is 0 Å². The molecule has 1 heterocycles. The van der Waals surface area contributed by atoms with Gasteiger partial charge in [-0.1, -0.05) is 25.5 Å². The van der Waals surface area contributed by atoms with E-state index in [1.54, 1.807) is 63.6 Å². The summed E-state index contributed by atoms with van der Waals surface area (Å²) in [4.78, 5) is 25.4. The van der Waals surface area contributed by atoms with Gasteiger partial charge in [0.25, 0.3) is 5.91 Å². The molecule has 2 aromatic carbocycles. The molecule has 31 heavy (non-hydrogen) atoms. The van der Waals surface area contributed by atoms with Gasteiger partial charge < -0.3 is 19.5 Å². The summed E-state index contributed by atoms with van der Waals surface area (Å²) in [5.74, 6) is 1.39. The highest BCUT2D eigenvalue weighted by molar-refractivity contribution is 6.07. The number of benzene rings is 2. The van der Waals surface area contributed by atoms with Gasteiger partial charge in [0.05, 0.1) is 27.0 Å². The number of methoxy groups -OCH3 is 2. The van der Waals surface area contributed by atoms with Crippen LogP contribution in [0.5, 0.6) is 17.2 Å². The number of nitrogens with zero attached hydrogens (tertiary/aromatic N) is 2. The molecule has 3 rings (SSSR count). The van der Waals surface area contributed by atoms with Crippen molar-refractivity contribution in [3.63, 3.8) is 0 Å². The number of carbonyl (C=O) groups is 2. The SMILES string of the molecule is CCCCOc1ccc(/C=N/N2C(=O)NC(C)(c3ccc(OC)cc3)C2=O)cc1OC. The number of carbonyl (C=O) groups excluding carboxylic acids is 2. The molecule has 0 radical (unpaired) electrons. The lowest BCUT2D eigenvalue weighted by Gasteiger charge is -2.21. The number of amides is 3. The third kappa shape index (κ3) is 4.63. The minimum absolute atomic E-state index is 0.467. The predicted octanol–water partition coefficient (Wildman–Crippen LogP) is 3.68. The van der Waals surface area contributed by atoms with Crippen LogP contribution in [-0.2, 0) is 10.3 Å². The molecule has 0 spiro atoms. The molecule has 0 saturated carbocycles. The molecule has 8 heteroatoms. The summed E-state index contributed by atoms with van der Waals surface area (Å²) in [6.45, 7) is 4.35. The van der Waals surface area contributed by atoms with E-state index in [1.165, 1.54) is 6.21 Å². The Hall–Kier alpha value is -3.55. The van der Waals surface area contributed by atoms with E-state index in [1.807, 2.05) is 0 Å². The summed E-state index contributed by atoms with van der Waals surface area (Å²) >= 11 is 0. The van der Waals surface area contributed by atoms with Crippen LogP contribution >= 0.6 is 0 Å². The van der Waals surface area contributed by atoms with Crippen LogP contribution in [-0.4, -0.2) is 44.0 Å². The molecule has 3 amide bonds. The fourth-order valence-corrected chi connectivity index (χ4v) is 3.18. The van der Waals surface area contributed by atoms with Crippen molar-refractivity contribution in [3.05, 3.63) is 53.6 Å². The number of nitrogens with one attached hydrogen (secondary N) is 1. The third-order valence-corrected chi connectivity index (χ3v) is 5.10. The number of rotatable bonds is 9. The van der Waals surface area contributed by atoms with Gasteiger partial charge in [-0.05, 0) is 54.8 Å². The maximum absolute atomic E-state index is 13.0. The summed E-state index contributed by atoms with van der Waals surface area (Å²) in [5.41, 5.74) is 0.0907. The van der Waals surface area contributed by atoms with Crippen molar-refractivity contribution in [2.45, 2.75) is 32.2 Å². The molecule has 1 N–H and O–H groups in total. The lowest BCUT2D eigenvalue weighted by atomic mass is 9.92. The van der Waals surface area contributed by atoms with Gasteiger partial charge in [0.15, 0.2) is 11.5 Å². The van der Waals surface area contributed by atoms with Crippen molar-refractivity contribution >= 4 is 18.2 Å². The standard InChI is InChI=1S/C23H27N3O5/c1-5-6-13-31-19-12-7-16(14-20(19)30-4)15-24-26-21(27)23(2,25-22(26)28)17-8-10-18(29-3)11-9-17/h7-12,14-15H,5-6,13H2,1-4H3,(H,25,28)/b24-15+. The summed E-state index contributed by atoms with van der Waals surface area (Å²) in [5, 5.41) is 7.67. The van der Waals surface area contributed by atoms with Crippen molar-refractivity contribution in [1.82, 2.24) is 10.3 Å². The second kappa shape index (κ2) is 9.51. The van der Waals surface area contributed by atoms with E-state index >= 15 is 0 Å². The number of hydrogen-bond acceptors (Lipinski definition) is 6. The zero-order valence-corrected chi connectivity index (χ0v) is 18.2. The Balaban J connectivity index is 1.77. The van der Waals surface area contributed by atoms with Crippen molar-refractivity contribution in [2.24, 2.45) is 5.10 Å². The highest BCUT2D eigenvalue weighted by atomic mass is 16.5. The van der Waals surface area contributed by atoms with Crippen LogP contribution in [0.25, 0.3) is 0 Å². The zero-order valence-electron chi connectivity index (χ0n) is 18.2.